The summed E-state index contributed by atoms with van der Waals surface area (Å²) in [5, 5.41) is 0.790. The maximum absolute atomic E-state index is 12.7. The number of benzene rings is 1. The predicted octanol–water partition coefficient (Wildman–Crippen LogP) is 4.55. The normalized spacial score (nSPS) is 17.0. The van der Waals surface area contributed by atoms with Gasteiger partial charge in [0.25, 0.3) is 5.56 Å². The van der Waals surface area contributed by atoms with E-state index in [1.54, 1.807) is 18.4 Å². The fourth-order valence-electron chi connectivity index (χ4n) is 3.30. The Morgan fingerprint density at radius 3 is 3.00 bits per heavy atom. The fraction of sp³-hybridized carbons (Fsp3) is 0.333. The molecule has 4 rings (SSSR count). The Morgan fingerprint density at radius 1 is 1.42 bits per heavy atom. The molecule has 6 heteroatoms. The van der Waals surface area contributed by atoms with Gasteiger partial charge >= 0.3 is 0 Å². The summed E-state index contributed by atoms with van der Waals surface area (Å²) in [6.07, 6.45) is 3.18. The van der Waals surface area contributed by atoms with E-state index in [0.717, 1.165) is 45.3 Å². The topological polar surface area (TPSA) is 55.0 Å². The van der Waals surface area contributed by atoms with E-state index in [1.807, 2.05) is 18.2 Å². The highest BCUT2D eigenvalue weighted by Crippen LogP contribution is 2.36. The fourth-order valence-corrected chi connectivity index (χ4v) is 5.22. The highest BCUT2D eigenvalue weighted by Gasteiger charge is 2.23. The van der Waals surface area contributed by atoms with E-state index in [9.17, 15) is 4.79 Å². The number of nitrogens with zero attached hydrogens (tertiary/aromatic N) is 1. The number of aryl methyl sites for hydroxylation is 1. The van der Waals surface area contributed by atoms with Crippen molar-refractivity contribution in [3.05, 3.63) is 43.5 Å². The first-order valence-corrected chi connectivity index (χ1v) is 9.56. The maximum Gasteiger partial charge on any atom is 0.260 e. The molecule has 124 valence electrons. The van der Waals surface area contributed by atoms with E-state index in [2.05, 4.69) is 27.8 Å². The van der Waals surface area contributed by atoms with Crippen molar-refractivity contribution < 1.29 is 4.74 Å². The minimum Gasteiger partial charge on any atom is -0.496 e. The average molecular weight is 405 g/mol. The van der Waals surface area contributed by atoms with Crippen molar-refractivity contribution in [3.8, 4) is 17.1 Å². The van der Waals surface area contributed by atoms with Crippen LogP contribution in [0.2, 0.25) is 0 Å². The van der Waals surface area contributed by atoms with Gasteiger partial charge in [0, 0.05) is 10.4 Å². The minimum atomic E-state index is -0.0333. The molecule has 0 fully saturated rings. The summed E-state index contributed by atoms with van der Waals surface area (Å²) in [4.78, 5) is 22.5. The van der Waals surface area contributed by atoms with Gasteiger partial charge in [-0.2, -0.15) is 0 Å². The molecule has 1 N–H and O–H groups in total. The van der Waals surface area contributed by atoms with Gasteiger partial charge < -0.3 is 9.72 Å². The molecule has 0 spiro atoms. The molecule has 4 nitrogen and oxygen atoms in total. The summed E-state index contributed by atoms with van der Waals surface area (Å²) in [5.74, 6) is 2.03. The van der Waals surface area contributed by atoms with Gasteiger partial charge in [0.15, 0.2) is 0 Å². The number of fused-ring (bicyclic) bond motifs is 3. The molecule has 1 atom stereocenters. The maximum atomic E-state index is 12.7. The molecule has 0 aliphatic heterocycles. The summed E-state index contributed by atoms with van der Waals surface area (Å²) in [6, 6.07) is 5.69. The Labute approximate surface area is 152 Å². The van der Waals surface area contributed by atoms with Crippen molar-refractivity contribution >= 4 is 37.5 Å². The lowest BCUT2D eigenvalue weighted by Gasteiger charge is -2.17. The standard InChI is InChI=1S/C18H17BrN2O2S/c1-9-3-5-11-14(7-9)24-18-15(11)17(22)20-16(21-18)10-4-6-13(23-2)12(19)8-10/h4,6,8-9H,3,5,7H2,1-2H3,(H,20,21,22). The monoisotopic (exact) mass is 404 g/mol. The van der Waals surface area contributed by atoms with Crippen LogP contribution in [-0.2, 0) is 12.8 Å². The Bertz CT molecular complexity index is 993. The largest absolute Gasteiger partial charge is 0.496 e. The van der Waals surface area contributed by atoms with Gasteiger partial charge in [-0.05, 0) is 64.9 Å². The molecule has 0 saturated carbocycles. The van der Waals surface area contributed by atoms with Gasteiger partial charge in [-0.25, -0.2) is 4.98 Å². The van der Waals surface area contributed by atoms with Crippen molar-refractivity contribution in [1.82, 2.24) is 9.97 Å². The first-order chi connectivity index (χ1) is 11.6. The van der Waals surface area contributed by atoms with Crippen molar-refractivity contribution in [2.75, 3.05) is 7.11 Å². The number of H-pyrrole nitrogens is 1. The zero-order valence-electron chi connectivity index (χ0n) is 13.5. The molecular formula is C18H17BrN2O2S. The summed E-state index contributed by atoms with van der Waals surface area (Å²) < 4.78 is 6.10. The summed E-state index contributed by atoms with van der Waals surface area (Å²) in [7, 11) is 1.63. The summed E-state index contributed by atoms with van der Waals surface area (Å²) in [5.41, 5.74) is 2.04. The van der Waals surface area contributed by atoms with Crippen LogP contribution in [0.5, 0.6) is 5.75 Å². The first kappa shape index (κ1) is 15.8. The number of hydrogen-bond acceptors (Lipinski definition) is 4. The zero-order chi connectivity index (χ0) is 16.8. The van der Waals surface area contributed by atoms with Gasteiger partial charge in [-0.1, -0.05) is 6.92 Å². The molecule has 1 unspecified atom stereocenters. The Hall–Kier alpha value is -1.66. The average Bonchev–Trinajstić information content (AvgIpc) is 2.92. The van der Waals surface area contributed by atoms with Crippen LogP contribution in [0.4, 0.5) is 0 Å². The van der Waals surface area contributed by atoms with E-state index in [4.69, 9.17) is 9.72 Å². The lowest BCUT2D eigenvalue weighted by atomic mass is 9.89. The van der Waals surface area contributed by atoms with Gasteiger partial charge in [-0.3, -0.25) is 4.79 Å². The second kappa shape index (κ2) is 6.01. The smallest absolute Gasteiger partial charge is 0.260 e. The van der Waals surface area contributed by atoms with Crippen LogP contribution in [0.1, 0.15) is 23.8 Å². The molecule has 1 aliphatic rings. The minimum absolute atomic E-state index is 0.0333. The van der Waals surface area contributed by atoms with E-state index in [0.29, 0.717) is 11.7 Å². The number of thiophene rings is 1. The van der Waals surface area contributed by atoms with Crippen LogP contribution in [0, 0.1) is 5.92 Å². The predicted molar refractivity (Wildman–Crippen MR) is 101 cm³/mol. The number of ether oxygens (including phenoxy) is 1. The van der Waals surface area contributed by atoms with Gasteiger partial charge in [-0.15, -0.1) is 11.3 Å². The van der Waals surface area contributed by atoms with Crippen LogP contribution in [0.3, 0.4) is 0 Å². The lowest BCUT2D eigenvalue weighted by Crippen LogP contribution is -2.13. The van der Waals surface area contributed by atoms with Gasteiger partial charge in [0.2, 0.25) is 0 Å². The van der Waals surface area contributed by atoms with E-state index < -0.39 is 0 Å². The third-order valence-corrected chi connectivity index (χ3v) is 6.36. The summed E-state index contributed by atoms with van der Waals surface area (Å²) >= 11 is 5.15. The molecule has 0 radical (unpaired) electrons. The molecule has 0 bridgehead atoms. The number of methoxy groups -OCH3 is 1. The van der Waals surface area contributed by atoms with Crippen molar-refractivity contribution in [2.24, 2.45) is 5.92 Å². The second-order valence-corrected chi connectivity index (χ2v) is 8.23. The van der Waals surface area contributed by atoms with Crippen molar-refractivity contribution in [3.63, 3.8) is 0 Å². The Balaban J connectivity index is 1.87. The molecule has 0 saturated heterocycles. The molecule has 24 heavy (non-hydrogen) atoms. The number of rotatable bonds is 2. The summed E-state index contributed by atoms with van der Waals surface area (Å²) in [6.45, 7) is 2.27. The lowest BCUT2D eigenvalue weighted by molar-refractivity contribution is 0.412. The van der Waals surface area contributed by atoms with Crippen LogP contribution < -0.4 is 10.3 Å². The highest BCUT2D eigenvalue weighted by molar-refractivity contribution is 9.10. The number of aromatic nitrogens is 2. The van der Waals surface area contributed by atoms with Crippen molar-refractivity contribution in [2.45, 2.75) is 26.2 Å². The third-order valence-electron chi connectivity index (χ3n) is 4.59. The van der Waals surface area contributed by atoms with Crippen LogP contribution in [-0.4, -0.2) is 17.1 Å². The van der Waals surface area contributed by atoms with E-state index in [1.165, 1.54) is 10.4 Å². The molecular weight excluding hydrogens is 388 g/mol. The van der Waals surface area contributed by atoms with Gasteiger partial charge in [0.1, 0.15) is 16.4 Å². The molecule has 0 amide bonds. The first-order valence-electron chi connectivity index (χ1n) is 7.95. The zero-order valence-corrected chi connectivity index (χ0v) is 15.9. The van der Waals surface area contributed by atoms with E-state index >= 15 is 0 Å². The van der Waals surface area contributed by atoms with Crippen molar-refractivity contribution in [1.29, 1.82) is 0 Å². The number of nitrogens with one attached hydrogen (secondary N) is 1. The second-order valence-electron chi connectivity index (χ2n) is 6.30. The molecule has 2 heterocycles. The van der Waals surface area contributed by atoms with Gasteiger partial charge in [0.05, 0.1) is 17.0 Å². The molecule has 1 aromatic carbocycles. The quantitative estimate of drug-likeness (QED) is 0.681. The Morgan fingerprint density at radius 2 is 2.25 bits per heavy atom. The molecule has 2 aromatic heterocycles. The van der Waals surface area contributed by atoms with Crippen LogP contribution in [0.25, 0.3) is 21.6 Å². The van der Waals surface area contributed by atoms with E-state index in [-0.39, 0.29) is 5.56 Å². The molecule has 3 aromatic rings. The highest BCUT2D eigenvalue weighted by atomic mass is 79.9. The third kappa shape index (κ3) is 2.58. The number of halogens is 1. The number of hydrogen-bond donors (Lipinski definition) is 1. The van der Waals surface area contributed by atoms with Crippen LogP contribution >= 0.6 is 27.3 Å². The SMILES string of the molecule is COc1ccc(-c2nc3sc4c(c3c(=O)[nH]2)CCC(C)C4)cc1Br. The number of aromatic amines is 1. The Kier molecular flexibility index (Phi) is 3.96. The molecule has 1 aliphatic carbocycles. The van der Waals surface area contributed by atoms with Crippen LogP contribution in [0.15, 0.2) is 27.5 Å².